The molecule has 2 aromatic heterocycles. The Labute approximate surface area is 127 Å². The molecule has 2 rings (SSSR count). The first-order chi connectivity index (χ1) is 9.29. The monoisotopic (exact) mass is 315 g/mol. The first-order valence-corrected chi connectivity index (χ1v) is 7.07. The van der Waals surface area contributed by atoms with Crippen molar-refractivity contribution in [2.75, 3.05) is 13.1 Å². The molecule has 0 aliphatic rings. The minimum atomic E-state index is -0.125. The average Bonchev–Trinajstić information content (AvgIpc) is 3.06. The number of thiazole rings is 1. The largest absolute Gasteiger partial charge is 0.351 e. The molecule has 0 aromatic carbocycles. The maximum atomic E-state index is 11.8. The number of halogens is 1. The summed E-state index contributed by atoms with van der Waals surface area (Å²) in [6.45, 7) is 1.96. The molecule has 0 fully saturated rings. The molecule has 3 N–H and O–H groups in total. The Bertz CT molecular complexity index is 514. The summed E-state index contributed by atoms with van der Waals surface area (Å²) in [7, 11) is 0. The molecule has 8 heteroatoms. The van der Waals surface area contributed by atoms with Crippen LogP contribution in [0, 0.1) is 0 Å². The van der Waals surface area contributed by atoms with E-state index in [1.165, 1.54) is 11.3 Å². The van der Waals surface area contributed by atoms with Gasteiger partial charge in [0.15, 0.2) is 0 Å². The van der Waals surface area contributed by atoms with Gasteiger partial charge in [-0.15, -0.1) is 23.7 Å². The highest BCUT2D eigenvalue weighted by molar-refractivity contribution is 7.09. The molecule has 0 bridgehead atoms. The van der Waals surface area contributed by atoms with Gasteiger partial charge in [-0.25, -0.2) is 4.98 Å². The summed E-state index contributed by atoms with van der Waals surface area (Å²) in [6, 6.07) is 1.88. The van der Waals surface area contributed by atoms with Gasteiger partial charge in [-0.05, 0) is 19.0 Å². The van der Waals surface area contributed by atoms with Crippen LogP contribution in [0.1, 0.15) is 21.9 Å². The molecule has 0 unspecified atom stereocenters. The van der Waals surface area contributed by atoms with E-state index in [2.05, 4.69) is 15.4 Å². The lowest BCUT2D eigenvalue weighted by molar-refractivity contribution is 0.0948. The van der Waals surface area contributed by atoms with Gasteiger partial charge in [0.05, 0.1) is 5.01 Å². The fourth-order valence-electron chi connectivity index (χ4n) is 1.62. The number of aryl methyl sites for hydroxylation is 1. The van der Waals surface area contributed by atoms with Crippen molar-refractivity contribution in [2.24, 2.45) is 5.73 Å². The zero-order chi connectivity index (χ0) is 13.5. The molecule has 110 valence electrons. The van der Waals surface area contributed by atoms with Crippen molar-refractivity contribution < 1.29 is 4.79 Å². The molecule has 0 radical (unpaired) electrons. The van der Waals surface area contributed by atoms with E-state index in [1.807, 2.05) is 16.9 Å². The van der Waals surface area contributed by atoms with Crippen molar-refractivity contribution in [3.63, 3.8) is 0 Å². The fourth-order valence-corrected chi connectivity index (χ4v) is 2.41. The second kappa shape index (κ2) is 8.68. The molecule has 6 nitrogen and oxygen atoms in total. The molecular formula is C12H18ClN5OS. The second-order valence-corrected chi connectivity index (χ2v) is 4.99. The number of carbonyl (C=O) groups excluding carboxylic acids is 1. The Balaban J connectivity index is 0.00000200. The summed E-state index contributed by atoms with van der Waals surface area (Å²) in [6.07, 6.45) is 5.21. The Kier molecular flexibility index (Phi) is 7.21. The van der Waals surface area contributed by atoms with Crippen LogP contribution in [0.5, 0.6) is 0 Å². The molecule has 0 aliphatic heterocycles. The highest BCUT2D eigenvalue weighted by Gasteiger charge is 2.09. The number of nitrogens with two attached hydrogens (primary N) is 1. The number of amides is 1. The third kappa shape index (κ3) is 4.92. The SMILES string of the molecule is Cl.NCCc1nc(C(=O)NCCCn2cccn2)cs1. The molecule has 0 saturated carbocycles. The lowest BCUT2D eigenvalue weighted by atomic mass is 10.4. The number of nitrogens with one attached hydrogen (secondary N) is 1. The summed E-state index contributed by atoms with van der Waals surface area (Å²) >= 11 is 1.47. The quantitative estimate of drug-likeness (QED) is 0.749. The lowest BCUT2D eigenvalue weighted by Gasteiger charge is -2.03. The van der Waals surface area contributed by atoms with Crippen molar-refractivity contribution in [1.82, 2.24) is 20.1 Å². The second-order valence-electron chi connectivity index (χ2n) is 4.04. The van der Waals surface area contributed by atoms with Crippen molar-refractivity contribution in [3.05, 3.63) is 34.5 Å². The Hall–Kier alpha value is -1.44. The number of nitrogens with zero attached hydrogens (tertiary/aromatic N) is 3. The topological polar surface area (TPSA) is 85.8 Å². The molecule has 2 aromatic rings. The summed E-state index contributed by atoms with van der Waals surface area (Å²) in [5.74, 6) is -0.125. The number of aromatic nitrogens is 3. The standard InChI is InChI=1S/C12H17N5OS.ClH/c13-4-3-11-16-10(9-19-11)12(18)14-5-1-7-17-8-2-6-15-17;/h2,6,8-9H,1,3-5,7,13H2,(H,14,18);1H. The number of carbonyl (C=O) groups is 1. The molecule has 0 spiro atoms. The van der Waals surface area contributed by atoms with E-state index < -0.39 is 0 Å². The zero-order valence-electron chi connectivity index (χ0n) is 11.0. The molecular weight excluding hydrogens is 298 g/mol. The zero-order valence-corrected chi connectivity index (χ0v) is 12.6. The highest BCUT2D eigenvalue weighted by Crippen LogP contribution is 2.09. The minimum absolute atomic E-state index is 0. The van der Waals surface area contributed by atoms with E-state index >= 15 is 0 Å². The van der Waals surface area contributed by atoms with Crippen LogP contribution < -0.4 is 11.1 Å². The first kappa shape index (κ1) is 16.6. The Morgan fingerprint density at radius 3 is 3.05 bits per heavy atom. The summed E-state index contributed by atoms with van der Waals surface area (Å²) in [4.78, 5) is 16.0. The van der Waals surface area contributed by atoms with Gasteiger partial charge in [0.2, 0.25) is 0 Å². The van der Waals surface area contributed by atoms with Crippen LogP contribution in [-0.4, -0.2) is 33.8 Å². The smallest absolute Gasteiger partial charge is 0.270 e. The van der Waals surface area contributed by atoms with Crippen LogP contribution in [0.4, 0.5) is 0 Å². The van der Waals surface area contributed by atoms with Crippen LogP contribution in [-0.2, 0) is 13.0 Å². The normalized spacial score (nSPS) is 10.1. The number of hydrogen-bond donors (Lipinski definition) is 2. The van der Waals surface area contributed by atoms with Crippen LogP contribution >= 0.6 is 23.7 Å². The lowest BCUT2D eigenvalue weighted by Crippen LogP contribution is -2.25. The van der Waals surface area contributed by atoms with Gasteiger partial charge in [-0.1, -0.05) is 0 Å². The number of rotatable bonds is 7. The van der Waals surface area contributed by atoms with Gasteiger partial charge < -0.3 is 11.1 Å². The summed E-state index contributed by atoms with van der Waals surface area (Å²) in [5, 5.41) is 9.62. The highest BCUT2D eigenvalue weighted by atomic mass is 35.5. The van der Waals surface area contributed by atoms with E-state index in [4.69, 9.17) is 5.73 Å². The van der Waals surface area contributed by atoms with Gasteiger partial charge in [0, 0.05) is 37.3 Å². The maximum absolute atomic E-state index is 11.8. The molecule has 20 heavy (non-hydrogen) atoms. The fraction of sp³-hybridized carbons (Fsp3) is 0.417. The van der Waals surface area contributed by atoms with Crippen molar-refractivity contribution in [1.29, 1.82) is 0 Å². The third-order valence-electron chi connectivity index (χ3n) is 2.55. The maximum Gasteiger partial charge on any atom is 0.270 e. The van der Waals surface area contributed by atoms with Crippen LogP contribution in [0.25, 0.3) is 0 Å². The third-order valence-corrected chi connectivity index (χ3v) is 3.46. The first-order valence-electron chi connectivity index (χ1n) is 6.19. The Morgan fingerprint density at radius 2 is 2.35 bits per heavy atom. The molecule has 0 saturated heterocycles. The van der Waals surface area contributed by atoms with Crippen molar-refractivity contribution in [2.45, 2.75) is 19.4 Å². The summed E-state index contributed by atoms with van der Waals surface area (Å²) < 4.78 is 1.84. The van der Waals surface area contributed by atoms with Crippen LogP contribution in [0.15, 0.2) is 23.8 Å². The van der Waals surface area contributed by atoms with E-state index in [1.54, 1.807) is 11.6 Å². The van der Waals surface area contributed by atoms with E-state index in [9.17, 15) is 4.79 Å². The molecule has 0 atom stereocenters. The average molecular weight is 316 g/mol. The predicted octanol–water partition coefficient (Wildman–Crippen LogP) is 1.08. The Morgan fingerprint density at radius 1 is 1.50 bits per heavy atom. The van der Waals surface area contributed by atoms with Gasteiger partial charge in [0.25, 0.3) is 5.91 Å². The van der Waals surface area contributed by atoms with Crippen LogP contribution in [0.3, 0.4) is 0 Å². The van der Waals surface area contributed by atoms with E-state index in [0.29, 0.717) is 18.8 Å². The molecule has 0 aliphatic carbocycles. The van der Waals surface area contributed by atoms with Gasteiger partial charge in [0.1, 0.15) is 5.69 Å². The molecule has 2 heterocycles. The van der Waals surface area contributed by atoms with Crippen LogP contribution in [0.2, 0.25) is 0 Å². The summed E-state index contributed by atoms with van der Waals surface area (Å²) in [5.41, 5.74) is 5.93. The van der Waals surface area contributed by atoms with E-state index in [-0.39, 0.29) is 18.3 Å². The minimum Gasteiger partial charge on any atom is -0.351 e. The van der Waals surface area contributed by atoms with E-state index in [0.717, 1.165) is 24.4 Å². The predicted molar refractivity (Wildman–Crippen MR) is 81.3 cm³/mol. The van der Waals surface area contributed by atoms with Crippen molar-refractivity contribution >= 4 is 29.7 Å². The van der Waals surface area contributed by atoms with Gasteiger partial charge >= 0.3 is 0 Å². The van der Waals surface area contributed by atoms with Gasteiger partial charge in [-0.2, -0.15) is 5.10 Å². The molecule has 1 amide bonds. The van der Waals surface area contributed by atoms with Crippen molar-refractivity contribution in [3.8, 4) is 0 Å². The van der Waals surface area contributed by atoms with Gasteiger partial charge in [-0.3, -0.25) is 9.48 Å². The number of hydrogen-bond acceptors (Lipinski definition) is 5.